The molecule has 0 aliphatic heterocycles. The number of nitrogens with zero attached hydrogens (tertiary/aromatic N) is 2. The van der Waals surface area contributed by atoms with Gasteiger partial charge in [0, 0.05) is 11.5 Å². The van der Waals surface area contributed by atoms with Gasteiger partial charge in [0.1, 0.15) is 6.33 Å². The van der Waals surface area contributed by atoms with Gasteiger partial charge in [0.25, 0.3) is 0 Å². The summed E-state index contributed by atoms with van der Waals surface area (Å²) in [7, 11) is 1.66. The van der Waals surface area contributed by atoms with E-state index in [-0.39, 0.29) is 0 Å². The summed E-state index contributed by atoms with van der Waals surface area (Å²) >= 11 is 0. The fraction of sp³-hybridized carbons (Fsp3) is 0.692. The molecule has 1 aromatic heterocycles. The quantitative estimate of drug-likeness (QED) is 0.870. The predicted molar refractivity (Wildman–Crippen MR) is 67.1 cm³/mol. The molecule has 4 nitrogen and oxygen atoms in total. The van der Waals surface area contributed by atoms with Gasteiger partial charge in [-0.05, 0) is 45.1 Å². The Kier molecular flexibility index (Phi) is 3.94. The number of hydrogen-bond acceptors (Lipinski definition) is 4. The molecule has 1 aromatic rings. The van der Waals surface area contributed by atoms with Crippen LogP contribution in [0, 0.1) is 12.8 Å². The predicted octanol–water partition coefficient (Wildman–Crippen LogP) is 2.03. The zero-order chi connectivity index (χ0) is 12.3. The molecule has 17 heavy (non-hydrogen) atoms. The van der Waals surface area contributed by atoms with E-state index in [2.05, 4.69) is 9.97 Å². The van der Waals surface area contributed by atoms with Crippen LogP contribution in [0.3, 0.4) is 0 Å². The average molecular weight is 235 g/mol. The standard InChI is InChI=1S/C13H21N3O/c1-9-12(15-8-16-13(9)17-2)11-5-3-10(7-14)4-6-11/h8,10-11H,3-7,14H2,1-2H3. The molecule has 2 rings (SSSR count). The first-order valence-corrected chi connectivity index (χ1v) is 6.31. The molecule has 1 aliphatic carbocycles. The summed E-state index contributed by atoms with van der Waals surface area (Å²) in [6.07, 6.45) is 6.40. The van der Waals surface area contributed by atoms with Crippen molar-refractivity contribution in [2.45, 2.75) is 38.5 Å². The molecule has 1 saturated carbocycles. The Morgan fingerprint density at radius 1 is 1.29 bits per heavy atom. The molecule has 0 saturated heterocycles. The largest absolute Gasteiger partial charge is 0.481 e. The van der Waals surface area contributed by atoms with Crippen LogP contribution in [0.4, 0.5) is 0 Å². The minimum Gasteiger partial charge on any atom is -0.481 e. The highest BCUT2D eigenvalue weighted by Gasteiger charge is 2.24. The molecule has 0 spiro atoms. The van der Waals surface area contributed by atoms with Crippen molar-refractivity contribution in [1.29, 1.82) is 0 Å². The molecule has 1 aliphatic rings. The maximum atomic E-state index is 5.72. The van der Waals surface area contributed by atoms with Gasteiger partial charge in [-0.1, -0.05) is 0 Å². The first kappa shape index (κ1) is 12.3. The molecule has 0 radical (unpaired) electrons. The highest BCUT2D eigenvalue weighted by molar-refractivity contribution is 5.30. The Morgan fingerprint density at radius 2 is 2.00 bits per heavy atom. The topological polar surface area (TPSA) is 61.0 Å². The molecule has 0 aromatic carbocycles. The van der Waals surface area contributed by atoms with Gasteiger partial charge in [0.2, 0.25) is 5.88 Å². The van der Waals surface area contributed by atoms with Crippen LogP contribution in [0.25, 0.3) is 0 Å². The van der Waals surface area contributed by atoms with Crippen molar-refractivity contribution < 1.29 is 4.74 Å². The van der Waals surface area contributed by atoms with E-state index < -0.39 is 0 Å². The summed E-state index contributed by atoms with van der Waals surface area (Å²) in [6.45, 7) is 2.86. The Balaban J connectivity index is 2.13. The lowest BCUT2D eigenvalue weighted by Crippen LogP contribution is -2.21. The van der Waals surface area contributed by atoms with Crippen LogP contribution in [0.15, 0.2) is 6.33 Å². The van der Waals surface area contributed by atoms with Crippen molar-refractivity contribution in [2.24, 2.45) is 11.7 Å². The summed E-state index contributed by atoms with van der Waals surface area (Å²) in [5, 5.41) is 0. The van der Waals surface area contributed by atoms with Crippen molar-refractivity contribution >= 4 is 0 Å². The Bertz CT molecular complexity index is 373. The number of nitrogens with two attached hydrogens (primary N) is 1. The van der Waals surface area contributed by atoms with Crippen LogP contribution in [0.1, 0.15) is 42.9 Å². The van der Waals surface area contributed by atoms with Crippen LogP contribution in [-0.4, -0.2) is 23.6 Å². The Labute approximate surface area is 103 Å². The normalized spacial score (nSPS) is 24.6. The van der Waals surface area contributed by atoms with Crippen molar-refractivity contribution in [3.63, 3.8) is 0 Å². The van der Waals surface area contributed by atoms with Gasteiger partial charge in [-0.2, -0.15) is 0 Å². The molecule has 0 bridgehead atoms. The van der Waals surface area contributed by atoms with Crippen molar-refractivity contribution in [3.05, 3.63) is 17.6 Å². The van der Waals surface area contributed by atoms with E-state index in [1.165, 1.54) is 25.7 Å². The second-order valence-corrected chi connectivity index (χ2v) is 4.85. The van der Waals surface area contributed by atoms with E-state index >= 15 is 0 Å². The van der Waals surface area contributed by atoms with E-state index in [9.17, 15) is 0 Å². The van der Waals surface area contributed by atoms with E-state index in [0.717, 1.165) is 17.8 Å². The fourth-order valence-corrected chi connectivity index (χ4v) is 2.74. The van der Waals surface area contributed by atoms with E-state index in [0.29, 0.717) is 17.7 Å². The number of hydrogen-bond donors (Lipinski definition) is 1. The van der Waals surface area contributed by atoms with Crippen LogP contribution < -0.4 is 10.5 Å². The molecule has 0 atom stereocenters. The molecule has 0 unspecified atom stereocenters. The molecular formula is C13H21N3O. The van der Waals surface area contributed by atoms with Gasteiger partial charge in [0.05, 0.1) is 12.8 Å². The molecule has 1 heterocycles. The van der Waals surface area contributed by atoms with Gasteiger partial charge in [-0.15, -0.1) is 0 Å². The third-order valence-electron chi connectivity index (χ3n) is 3.84. The third kappa shape index (κ3) is 2.57. The van der Waals surface area contributed by atoms with Crippen LogP contribution in [-0.2, 0) is 0 Å². The van der Waals surface area contributed by atoms with Gasteiger partial charge in [0.15, 0.2) is 0 Å². The molecule has 94 valence electrons. The lowest BCUT2D eigenvalue weighted by Gasteiger charge is -2.28. The smallest absolute Gasteiger partial charge is 0.219 e. The minimum atomic E-state index is 0.551. The molecule has 4 heteroatoms. The highest BCUT2D eigenvalue weighted by atomic mass is 16.5. The molecule has 2 N–H and O–H groups in total. The number of methoxy groups -OCH3 is 1. The second kappa shape index (κ2) is 5.45. The summed E-state index contributed by atoms with van der Waals surface area (Å²) < 4.78 is 5.25. The first-order valence-electron chi connectivity index (χ1n) is 6.31. The third-order valence-corrected chi connectivity index (χ3v) is 3.84. The SMILES string of the molecule is COc1ncnc(C2CCC(CN)CC2)c1C. The van der Waals surface area contributed by atoms with Crippen molar-refractivity contribution in [2.75, 3.05) is 13.7 Å². The summed E-state index contributed by atoms with van der Waals surface area (Å²) in [5.41, 5.74) is 7.97. The maximum Gasteiger partial charge on any atom is 0.219 e. The Hall–Kier alpha value is -1.16. The number of rotatable bonds is 3. The van der Waals surface area contributed by atoms with E-state index in [1.54, 1.807) is 13.4 Å². The average Bonchev–Trinajstić information content (AvgIpc) is 2.39. The number of ether oxygens (including phenoxy) is 1. The fourth-order valence-electron chi connectivity index (χ4n) is 2.74. The van der Waals surface area contributed by atoms with Gasteiger partial charge in [-0.25, -0.2) is 9.97 Å². The van der Waals surface area contributed by atoms with E-state index in [1.807, 2.05) is 6.92 Å². The maximum absolute atomic E-state index is 5.72. The molecule has 0 amide bonds. The number of aromatic nitrogens is 2. The van der Waals surface area contributed by atoms with Crippen LogP contribution in [0.5, 0.6) is 5.88 Å². The van der Waals surface area contributed by atoms with E-state index in [4.69, 9.17) is 10.5 Å². The van der Waals surface area contributed by atoms with Gasteiger partial charge in [-0.3, -0.25) is 0 Å². The van der Waals surface area contributed by atoms with Crippen molar-refractivity contribution in [1.82, 2.24) is 9.97 Å². The van der Waals surface area contributed by atoms with Gasteiger partial charge >= 0.3 is 0 Å². The summed E-state index contributed by atoms with van der Waals surface area (Å²) in [5.74, 6) is 1.96. The van der Waals surface area contributed by atoms with Crippen molar-refractivity contribution in [3.8, 4) is 5.88 Å². The zero-order valence-electron chi connectivity index (χ0n) is 10.6. The highest BCUT2D eigenvalue weighted by Crippen LogP contribution is 2.36. The first-order chi connectivity index (χ1) is 8.26. The lowest BCUT2D eigenvalue weighted by atomic mass is 9.79. The monoisotopic (exact) mass is 235 g/mol. The minimum absolute atomic E-state index is 0.551. The second-order valence-electron chi connectivity index (χ2n) is 4.85. The van der Waals surface area contributed by atoms with Crippen LogP contribution in [0.2, 0.25) is 0 Å². The molecule has 1 fully saturated rings. The van der Waals surface area contributed by atoms with Crippen LogP contribution >= 0.6 is 0 Å². The zero-order valence-corrected chi connectivity index (χ0v) is 10.6. The lowest BCUT2D eigenvalue weighted by molar-refractivity contribution is 0.326. The summed E-state index contributed by atoms with van der Waals surface area (Å²) in [4.78, 5) is 8.57. The molecular weight excluding hydrogens is 214 g/mol. The Morgan fingerprint density at radius 3 is 2.59 bits per heavy atom. The summed E-state index contributed by atoms with van der Waals surface area (Å²) in [6, 6.07) is 0. The van der Waals surface area contributed by atoms with Gasteiger partial charge < -0.3 is 10.5 Å².